The Balaban J connectivity index is 1.79. The van der Waals surface area contributed by atoms with Crippen molar-refractivity contribution < 1.29 is 9.47 Å². The molecular formula is C25H21Cl2N3O2. The van der Waals surface area contributed by atoms with Gasteiger partial charge in [-0.3, -0.25) is 0 Å². The van der Waals surface area contributed by atoms with Crippen LogP contribution in [0, 0.1) is 23.7 Å². The second kappa shape index (κ2) is 10.4. The molecule has 0 fully saturated rings. The van der Waals surface area contributed by atoms with Gasteiger partial charge in [0.2, 0.25) is 5.82 Å². The molecule has 0 saturated heterocycles. The van der Waals surface area contributed by atoms with E-state index >= 15 is 0 Å². The van der Waals surface area contributed by atoms with Crippen molar-refractivity contribution in [3.05, 3.63) is 81.9 Å². The molecule has 0 bridgehead atoms. The van der Waals surface area contributed by atoms with E-state index in [9.17, 15) is 5.26 Å². The van der Waals surface area contributed by atoms with Crippen LogP contribution in [0.25, 0.3) is 0 Å². The Morgan fingerprint density at radius 2 is 1.84 bits per heavy atom. The normalized spacial score (nSPS) is 10.8. The third kappa shape index (κ3) is 5.32. The molecule has 0 saturated carbocycles. The van der Waals surface area contributed by atoms with Gasteiger partial charge in [0.05, 0.1) is 22.2 Å². The van der Waals surface area contributed by atoms with Crippen LogP contribution < -0.4 is 9.47 Å². The lowest BCUT2D eigenvalue weighted by Crippen LogP contribution is -2.19. The van der Waals surface area contributed by atoms with Crippen LogP contribution in [-0.2, 0) is 12.0 Å². The van der Waals surface area contributed by atoms with E-state index in [0.717, 1.165) is 11.1 Å². The maximum atomic E-state index is 9.57. The quantitative estimate of drug-likeness (QED) is 0.324. The van der Waals surface area contributed by atoms with Crippen molar-refractivity contribution in [2.24, 2.45) is 0 Å². The van der Waals surface area contributed by atoms with E-state index in [1.54, 1.807) is 18.3 Å². The van der Waals surface area contributed by atoms with Crippen molar-refractivity contribution in [3.63, 3.8) is 0 Å². The molecule has 32 heavy (non-hydrogen) atoms. The summed E-state index contributed by atoms with van der Waals surface area (Å²) >= 11 is 12.1. The van der Waals surface area contributed by atoms with E-state index in [0.29, 0.717) is 39.5 Å². The van der Waals surface area contributed by atoms with E-state index < -0.39 is 5.41 Å². The Bertz CT molecular complexity index is 1180. The van der Waals surface area contributed by atoms with Crippen molar-refractivity contribution in [2.45, 2.75) is 25.9 Å². The number of benzene rings is 2. The predicted molar refractivity (Wildman–Crippen MR) is 125 cm³/mol. The van der Waals surface area contributed by atoms with Crippen molar-refractivity contribution in [2.75, 3.05) is 12.5 Å². The summed E-state index contributed by atoms with van der Waals surface area (Å²) in [6.07, 6.45) is 6.94. The molecule has 7 heteroatoms. The molecule has 162 valence electrons. The third-order valence-corrected chi connectivity index (χ3v) is 5.45. The highest BCUT2D eigenvalue weighted by Crippen LogP contribution is 2.38. The molecule has 3 rings (SSSR count). The Morgan fingerprint density at radius 3 is 2.50 bits per heavy atom. The fourth-order valence-electron chi connectivity index (χ4n) is 3.16. The summed E-state index contributed by atoms with van der Waals surface area (Å²) in [6.45, 7) is 4.69. The number of halogens is 2. The van der Waals surface area contributed by atoms with Crippen LogP contribution in [0.15, 0.2) is 48.7 Å². The van der Waals surface area contributed by atoms with Gasteiger partial charge < -0.3 is 9.47 Å². The summed E-state index contributed by atoms with van der Waals surface area (Å²) < 4.78 is 11.4. The number of aromatic nitrogens is 2. The first-order valence-corrected chi connectivity index (χ1v) is 10.7. The van der Waals surface area contributed by atoms with Crippen LogP contribution in [-0.4, -0.2) is 22.5 Å². The maximum Gasteiger partial charge on any atom is 0.204 e. The van der Waals surface area contributed by atoms with E-state index in [1.807, 2.05) is 30.3 Å². The van der Waals surface area contributed by atoms with Crippen LogP contribution in [0.1, 0.15) is 42.1 Å². The number of nitrogens with zero attached hydrogens (tertiary/aromatic N) is 3. The zero-order valence-electron chi connectivity index (χ0n) is 17.7. The average Bonchev–Trinajstić information content (AvgIpc) is 2.81. The highest BCUT2D eigenvalue weighted by Gasteiger charge is 2.26. The number of alkyl halides is 1. The number of hydrogen-bond acceptors (Lipinski definition) is 5. The van der Waals surface area contributed by atoms with Gasteiger partial charge in [0.1, 0.15) is 25.0 Å². The van der Waals surface area contributed by atoms with E-state index in [1.165, 1.54) is 0 Å². The number of terminal acetylenes is 1. The molecule has 3 aromatic rings. The zero-order chi connectivity index (χ0) is 23.1. The van der Waals surface area contributed by atoms with Gasteiger partial charge in [-0.25, -0.2) is 9.97 Å². The van der Waals surface area contributed by atoms with E-state index in [4.69, 9.17) is 39.1 Å². The maximum absolute atomic E-state index is 9.57. The average molecular weight is 466 g/mol. The highest BCUT2D eigenvalue weighted by atomic mass is 35.5. The summed E-state index contributed by atoms with van der Waals surface area (Å²) in [5, 5.41) is 9.95. The van der Waals surface area contributed by atoms with Gasteiger partial charge in [0, 0.05) is 11.6 Å². The van der Waals surface area contributed by atoms with Gasteiger partial charge in [-0.05, 0) is 47.4 Å². The second-order valence-electron chi connectivity index (χ2n) is 7.44. The minimum absolute atomic E-state index is 0.277. The number of ether oxygens (including phenoxy) is 2. The topological polar surface area (TPSA) is 68.0 Å². The van der Waals surface area contributed by atoms with E-state index in [2.05, 4.69) is 35.8 Å². The molecule has 0 spiro atoms. The zero-order valence-corrected chi connectivity index (χ0v) is 19.2. The lowest BCUT2D eigenvalue weighted by Gasteiger charge is -2.27. The van der Waals surface area contributed by atoms with Crippen LogP contribution in [0.3, 0.4) is 0 Å². The molecule has 0 aliphatic carbocycles. The summed E-state index contributed by atoms with van der Waals surface area (Å²) in [6, 6.07) is 15.3. The lowest BCUT2D eigenvalue weighted by atomic mass is 9.77. The summed E-state index contributed by atoms with van der Waals surface area (Å²) in [5.74, 6) is 4.11. The molecule has 0 radical (unpaired) electrons. The van der Waals surface area contributed by atoms with Crippen LogP contribution in [0.5, 0.6) is 11.5 Å². The SMILES string of the molecule is C#Cc1nccc(COc2ccc(C(C)(C)c3cc(Cl)c(OCCCl)c(C#N)c3)cc2)n1. The first kappa shape index (κ1) is 23.4. The van der Waals surface area contributed by atoms with Gasteiger partial charge in [0.15, 0.2) is 5.75 Å². The largest absolute Gasteiger partial charge is 0.489 e. The first-order valence-electron chi connectivity index (χ1n) is 9.83. The Labute approximate surface area is 197 Å². The van der Waals surface area contributed by atoms with Crippen LogP contribution in [0.2, 0.25) is 5.02 Å². The van der Waals surface area contributed by atoms with Crippen molar-refractivity contribution in [3.8, 4) is 29.9 Å². The molecule has 1 heterocycles. The molecule has 1 aromatic heterocycles. The van der Waals surface area contributed by atoms with Crippen LogP contribution in [0.4, 0.5) is 0 Å². The molecule has 0 aliphatic heterocycles. The number of nitriles is 1. The van der Waals surface area contributed by atoms with Gasteiger partial charge in [-0.15, -0.1) is 18.0 Å². The van der Waals surface area contributed by atoms with Gasteiger partial charge in [-0.2, -0.15) is 5.26 Å². The highest BCUT2D eigenvalue weighted by molar-refractivity contribution is 6.32. The van der Waals surface area contributed by atoms with Gasteiger partial charge >= 0.3 is 0 Å². The summed E-state index contributed by atoms with van der Waals surface area (Å²) in [7, 11) is 0. The molecule has 0 N–H and O–H groups in total. The minimum atomic E-state index is -0.410. The molecular weight excluding hydrogens is 445 g/mol. The smallest absolute Gasteiger partial charge is 0.204 e. The number of rotatable bonds is 8. The minimum Gasteiger partial charge on any atom is -0.489 e. The van der Waals surface area contributed by atoms with E-state index in [-0.39, 0.29) is 13.2 Å². The summed E-state index contributed by atoms with van der Waals surface area (Å²) in [4.78, 5) is 8.20. The third-order valence-electron chi connectivity index (χ3n) is 5.01. The van der Waals surface area contributed by atoms with Crippen molar-refractivity contribution in [1.82, 2.24) is 9.97 Å². The fraction of sp³-hybridized carbons (Fsp3) is 0.240. The Morgan fingerprint density at radius 1 is 1.09 bits per heavy atom. The molecule has 5 nitrogen and oxygen atoms in total. The monoisotopic (exact) mass is 465 g/mol. The summed E-state index contributed by atoms with van der Waals surface area (Å²) in [5.41, 5.74) is 2.60. The molecule has 0 unspecified atom stereocenters. The van der Waals surface area contributed by atoms with Gasteiger partial charge in [-0.1, -0.05) is 37.6 Å². The van der Waals surface area contributed by atoms with Crippen LogP contribution >= 0.6 is 23.2 Å². The Kier molecular flexibility index (Phi) is 7.59. The fourth-order valence-corrected chi connectivity index (χ4v) is 3.51. The second-order valence-corrected chi connectivity index (χ2v) is 8.22. The van der Waals surface area contributed by atoms with Crippen molar-refractivity contribution >= 4 is 23.2 Å². The molecule has 0 atom stereocenters. The standard InChI is InChI=1S/C25H21Cl2N3O2/c1-4-23-29-11-9-20(30-23)16-32-21-7-5-18(6-8-21)25(2,3)19-13-17(15-28)24(22(27)14-19)31-12-10-26/h1,5-9,11,13-14H,10,12,16H2,2-3H3. The first-order chi connectivity index (χ1) is 15.4. The lowest BCUT2D eigenvalue weighted by molar-refractivity contribution is 0.301. The Hall–Kier alpha value is -3.25. The number of hydrogen-bond donors (Lipinski definition) is 0. The molecule has 0 aliphatic rings. The predicted octanol–water partition coefficient (Wildman–Crippen LogP) is 5.51. The molecule has 0 amide bonds. The molecule has 2 aromatic carbocycles. The van der Waals surface area contributed by atoms with Gasteiger partial charge in [0.25, 0.3) is 0 Å². The van der Waals surface area contributed by atoms with Crippen molar-refractivity contribution in [1.29, 1.82) is 5.26 Å².